The molecule has 21 heavy (non-hydrogen) atoms. The van der Waals surface area contributed by atoms with Gasteiger partial charge in [-0.2, -0.15) is 4.31 Å². The van der Waals surface area contributed by atoms with Crippen molar-refractivity contribution in [3.63, 3.8) is 0 Å². The quantitative estimate of drug-likeness (QED) is 0.578. The third-order valence-corrected chi connectivity index (χ3v) is 5.03. The van der Waals surface area contributed by atoms with Gasteiger partial charge in [0, 0.05) is 24.2 Å². The number of sulfonamides is 1. The number of benzene rings is 1. The first-order valence-electron chi connectivity index (χ1n) is 6.39. The van der Waals surface area contributed by atoms with Gasteiger partial charge in [0.1, 0.15) is 0 Å². The Kier molecular flexibility index (Phi) is 6.53. The van der Waals surface area contributed by atoms with Gasteiger partial charge >= 0.3 is 0 Å². The first-order chi connectivity index (χ1) is 9.84. The molecule has 0 fully saturated rings. The van der Waals surface area contributed by atoms with E-state index in [4.69, 9.17) is 16.7 Å². The van der Waals surface area contributed by atoms with Gasteiger partial charge < -0.3 is 5.11 Å². The van der Waals surface area contributed by atoms with Crippen LogP contribution in [0, 0.1) is 10.1 Å². The molecule has 0 saturated heterocycles. The van der Waals surface area contributed by atoms with Gasteiger partial charge in [-0.15, -0.1) is 0 Å². The van der Waals surface area contributed by atoms with Gasteiger partial charge in [0.2, 0.25) is 10.0 Å². The molecule has 0 bridgehead atoms. The van der Waals surface area contributed by atoms with Gasteiger partial charge in [-0.1, -0.05) is 24.9 Å². The lowest BCUT2D eigenvalue weighted by Crippen LogP contribution is -2.34. The molecular weight excluding hydrogens is 320 g/mol. The minimum absolute atomic E-state index is 0.0860. The summed E-state index contributed by atoms with van der Waals surface area (Å²) in [5.74, 6) is 0. The molecule has 0 radical (unpaired) electrons. The van der Waals surface area contributed by atoms with Crippen LogP contribution in [-0.4, -0.2) is 42.4 Å². The molecular formula is C12H17ClN2O5S. The second kappa shape index (κ2) is 7.69. The number of halogens is 1. The van der Waals surface area contributed by atoms with Crippen molar-refractivity contribution in [1.82, 2.24) is 4.31 Å². The largest absolute Gasteiger partial charge is 0.395 e. The monoisotopic (exact) mass is 336 g/mol. The highest BCUT2D eigenvalue weighted by Crippen LogP contribution is 2.29. The molecule has 0 amide bonds. The maximum atomic E-state index is 12.5. The highest BCUT2D eigenvalue weighted by Gasteiger charge is 2.31. The van der Waals surface area contributed by atoms with Crippen molar-refractivity contribution in [3.8, 4) is 0 Å². The lowest BCUT2D eigenvalue weighted by Gasteiger charge is -2.21. The summed E-state index contributed by atoms with van der Waals surface area (Å²) in [7, 11) is -4.05. The third-order valence-electron chi connectivity index (χ3n) is 2.85. The Bertz CT molecular complexity index is 606. The topological polar surface area (TPSA) is 101 Å². The van der Waals surface area contributed by atoms with Crippen molar-refractivity contribution >= 4 is 27.3 Å². The summed E-state index contributed by atoms with van der Waals surface area (Å²) in [5.41, 5.74) is -0.568. The van der Waals surface area contributed by atoms with E-state index in [1.54, 1.807) is 0 Å². The van der Waals surface area contributed by atoms with Crippen LogP contribution >= 0.6 is 11.6 Å². The molecule has 0 spiro atoms. The van der Waals surface area contributed by atoms with Crippen molar-refractivity contribution in [2.75, 3.05) is 19.7 Å². The number of unbranched alkanes of at least 4 members (excludes halogenated alkanes) is 1. The van der Waals surface area contributed by atoms with Crippen LogP contribution in [0.4, 0.5) is 5.69 Å². The SMILES string of the molecule is CCCCN(CCO)S(=O)(=O)c1ccc(Cl)cc1[N+](=O)[O-]. The van der Waals surface area contributed by atoms with E-state index < -0.39 is 25.5 Å². The van der Waals surface area contributed by atoms with Crippen molar-refractivity contribution in [1.29, 1.82) is 0 Å². The maximum absolute atomic E-state index is 12.5. The fourth-order valence-corrected chi connectivity index (χ4v) is 3.56. The van der Waals surface area contributed by atoms with E-state index >= 15 is 0 Å². The van der Waals surface area contributed by atoms with Crippen molar-refractivity contribution in [2.45, 2.75) is 24.7 Å². The Hall–Kier alpha value is -1.22. The Balaban J connectivity index is 3.30. The minimum Gasteiger partial charge on any atom is -0.395 e. The molecule has 0 aliphatic rings. The summed E-state index contributed by atoms with van der Waals surface area (Å²) in [5, 5.41) is 20.1. The van der Waals surface area contributed by atoms with Gasteiger partial charge in [0.15, 0.2) is 4.90 Å². The minimum atomic E-state index is -4.05. The molecule has 1 N–H and O–H groups in total. The molecule has 0 aliphatic carbocycles. The van der Waals surface area contributed by atoms with Crippen LogP contribution in [0.15, 0.2) is 23.1 Å². The molecule has 0 aliphatic heterocycles. The first-order valence-corrected chi connectivity index (χ1v) is 8.21. The van der Waals surface area contributed by atoms with E-state index in [1.807, 2.05) is 6.92 Å². The average Bonchev–Trinajstić information content (AvgIpc) is 2.42. The van der Waals surface area contributed by atoms with Crippen molar-refractivity contribution in [3.05, 3.63) is 33.3 Å². The normalized spacial score (nSPS) is 11.8. The van der Waals surface area contributed by atoms with Crippen LogP contribution in [0.25, 0.3) is 0 Å². The smallest absolute Gasteiger partial charge is 0.290 e. The number of nitro benzene ring substituents is 1. The molecule has 0 aromatic heterocycles. The molecule has 1 aromatic carbocycles. The van der Waals surface area contributed by atoms with E-state index in [1.165, 1.54) is 6.07 Å². The Morgan fingerprint density at radius 3 is 2.57 bits per heavy atom. The number of hydrogen-bond donors (Lipinski definition) is 1. The van der Waals surface area contributed by atoms with Gasteiger partial charge in [-0.3, -0.25) is 10.1 Å². The summed E-state index contributed by atoms with van der Waals surface area (Å²) in [4.78, 5) is 9.83. The average molecular weight is 337 g/mol. The highest BCUT2D eigenvalue weighted by molar-refractivity contribution is 7.89. The van der Waals surface area contributed by atoms with E-state index in [0.717, 1.165) is 22.9 Å². The zero-order valence-electron chi connectivity index (χ0n) is 11.5. The summed E-state index contributed by atoms with van der Waals surface area (Å²) >= 11 is 5.68. The number of nitrogens with zero attached hydrogens (tertiary/aromatic N) is 2. The summed E-state index contributed by atoms with van der Waals surface area (Å²) < 4.78 is 26.1. The first kappa shape index (κ1) is 17.8. The van der Waals surface area contributed by atoms with Crippen LogP contribution in [0.2, 0.25) is 5.02 Å². The van der Waals surface area contributed by atoms with Crippen molar-refractivity contribution < 1.29 is 18.4 Å². The molecule has 0 heterocycles. The van der Waals surface area contributed by atoms with Crippen LogP contribution in [0.3, 0.4) is 0 Å². The second-order valence-corrected chi connectivity index (χ2v) is 6.69. The summed E-state index contributed by atoms with van der Waals surface area (Å²) in [6.07, 6.45) is 1.36. The standard InChI is InChI=1S/C12H17ClN2O5S/c1-2-3-6-14(7-8-16)21(19,20)12-5-4-10(13)9-11(12)15(17)18/h4-5,9,16H,2-3,6-8H2,1H3. The molecule has 0 unspecified atom stereocenters. The number of aliphatic hydroxyl groups excluding tert-OH is 1. The molecule has 118 valence electrons. The highest BCUT2D eigenvalue weighted by atomic mass is 35.5. The summed E-state index contributed by atoms with van der Waals surface area (Å²) in [6, 6.07) is 3.41. The number of nitro groups is 1. The number of hydrogen-bond acceptors (Lipinski definition) is 5. The zero-order chi connectivity index (χ0) is 16.0. The number of aliphatic hydroxyl groups is 1. The molecule has 1 aromatic rings. The van der Waals surface area contributed by atoms with Crippen LogP contribution in [0.5, 0.6) is 0 Å². The summed E-state index contributed by atoms with van der Waals surface area (Å²) in [6.45, 7) is 1.63. The Morgan fingerprint density at radius 1 is 1.38 bits per heavy atom. The predicted octanol–water partition coefficient (Wildman–Crippen LogP) is 2.03. The molecule has 1 rings (SSSR count). The van der Waals surface area contributed by atoms with E-state index in [2.05, 4.69) is 0 Å². The van der Waals surface area contributed by atoms with Crippen LogP contribution in [0.1, 0.15) is 19.8 Å². The van der Waals surface area contributed by atoms with E-state index in [9.17, 15) is 18.5 Å². The van der Waals surface area contributed by atoms with E-state index in [0.29, 0.717) is 6.42 Å². The molecule has 7 nitrogen and oxygen atoms in total. The second-order valence-electron chi connectivity index (χ2n) is 4.35. The van der Waals surface area contributed by atoms with Gasteiger partial charge in [-0.25, -0.2) is 8.42 Å². The van der Waals surface area contributed by atoms with Gasteiger partial charge in [0.25, 0.3) is 5.69 Å². The van der Waals surface area contributed by atoms with Crippen molar-refractivity contribution in [2.24, 2.45) is 0 Å². The predicted molar refractivity (Wildman–Crippen MR) is 78.9 cm³/mol. The van der Waals surface area contributed by atoms with Gasteiger partial charge in [0.05, 0.1) is 11.5 Å². The molecule has 0 atom stereocenters. The lowest BCUT2D eigenvalue weighted by atomic mass is 10.3. The number of rotatable bonds is 8. The Labute approximate surface area is 128 Å². The molecule has 0 saturated carbocycles. The third kappa shape index (κ3) is 4.37. The van der Waals surface area contributed by atoms with Crippen LogP contribution in [-0.2, 0) is 10.0 Å². The lowest BCUT2D eigenvalue weighted by molar-refractivity contribution is -0.387. The zero-order valence-corrected chi connectivity index (χ0v) is 13.1. The van der Waals surface area contributed by atoms with Crippen LogP contribution < -0.4 is 0 Å². The fourth-order valence-electron chi connectivity index (χ4n) is 1.79. The van der Waals surface area contributed by atoms with Gasteiger partial charge in [-0.05, 0) is 18.6 Å². The Morgan fingerprint density at radius 2 is 2.05 bits per heavy atom. The van der Waals surface area contributed by atoms with E-state index in [-0.39, 0.29) is 24.7 Å². The fraction of sp³-hybridized carbons (Fsp3) is 0.500. The molecule has 9 heteroatoms. The maximum Gasteiger partial charge on any atom is 0.290 e.